The molecule has 0 radical (unpaired) electrons. The summed E-state index contributed by atoms with van der Waals surface area (Å²) in [6.07, 6.45) is 6.41. The molecule has 1 saturated carbocycles. The average Bonchev–Trinajstić information content (AvgIpc) is 3.18. The van der Waals surface area contributed by atoms with Crippen LogP contribution in [0.1, 0.15) is 39.0 Å². The van der Waals surface area contributed by atoms with Gasteiger partial charge in [0, 0.05) is 19.6 Å². The van der Waals surface area contributed by atoms with Gasteiger partial charge in [-0.05, 0) is 64.7 Å². The molecular weight excluding hydrogens is 250 g/mol. The first-order valence-corrected chi connectivity index (χ1v) is 8.47. The van der Waals surface area contributed by atoms with E-state index in [9.17, 15) is 5.11 Å². The largest absolute Gasteiger partial charge is 0.394 e. The van der Waals surface area contributed by atoms with E-state index in [1.807, 2.05) is 0 Å². The quantitative estimate of drug-likeness (QED) is 0.631. The molecular formula is C16H33N3O. The van der Waals surface area contributed by atoms with E-state index in [0.29, 0.717) is 5.92 Å². The van der Waals surface area contributed by atoms with Crippen LogP contribution in [0.25, 0.3) is 0 Å². The van der Waals surface area contributed by atoms with Crippen LogP contribution in [0.15, 0.2) is 0 Å². The van der Waals surface area contributed by atoms with Crippen LogP contribution in [0.5, 0.6) is 0 Å². The van der Waals surface area contributed by atoms with Crippen LogP contribution < -0.4 is 5.32 Å². The molecule has 0 aromatic rings. The van der Waals surface area contributed by atoms with Crippen molar-refractivity contribution in [2.24, 2.45) is 5.92 Å². The molecule has 2 N–H and O–H groups in total. The van der Waals surface area contributed by atoms with Gasteiger partial charge in [-0.1, -0.05) is 6.92 Å². The molecule has 1 atom stereocenters. The average molecular weight is 283 g/mol. The Labute approximate surface area is 124 Å². The Hall–Kier alpha value is -0.160. The van der Waals surface area contributed by atoms with Crippen LogP contribution in [0.2, 0.25) is 0 Å². The minimum Gasteiger partial charge on any atom is -0.394 e. The van der Waals surface area contributed by atoms with Crippen LogP contribution in [0.3, 0.4) is 0 Å². The van der Waals surface area contributed by atoms with Crippen LogP contribution in [0.4, 0.5) is 0 Å². The summed E-state index contributed by atoms with van der Waals surface area (Å²) >= 11 is 0. The van der Waals surface area contributed by atoms with Crippen LogP contribution in [-0.2, 0) is 0 Å². The molecule has 2 rings (SSSR count). The lowest BCUT2D eigenvalue weighted by Gasteiger charge is -2.37. The SMILES string of the molecule is CCCNC(CO)(CN(C)CCN1CCCC1)C1CC1. The molecule has 1 unspecified atom stereocenters. The summed E-state index contributed by atoms with van der Waals surface area (Å²) in [6.45, 7) is 9.29. The summed E-state index contributed by atoms with van der Waals surface area (Å²) in [4.78, 5) is 4.98. The number of rotatable bonds is 10. The van der Waals surface area contributed by atoms with Gasteiger partial charge in [-0.15, -0.1) is 0 Å². The molecule has 0 amide bonds. The molecule has 20 heavy (non-hydrogen) atoms. The molecule has 2 fully saturated rings. The van der Waals surface area contributed by atoms with E-state index in [1.165, 1.54) is 45.3 Å². The lowest BCUT2D eigenvalue weighted by Crippen LogP contribution is -2.58. The monoisotopic (exact) mass is 283 g/mol. The molecule has 0 aromatic carbocycles. The van der Waals surface area contributed by atoms with Gasteiger partial charge in [-0.25, -0.2) is 0 Å². The highest BCUT2D eigenvalue weighted by molar-refractivity contribution is 5.02. The maximum atomic E-state index is 9.94. The van der Waals surface area contributed by atoms with Crippen molar-refractivity contribution in [2.45, 2.75) is 44.6 Å². The molecule has 118 valence electrons. The van der Waals surface area contributed by atoms with E-state index < -0.39 is 0 Å². The standard InChI is InChI=1S/C16H33N3O/c1-3-8-17-16(14-20,15-6-7-15)13-18(2)11-12-19-9-4-5-10-19/h15,17,20H,3-14H2,1-2H3. The summed E-state index contributed by atoms with van der Waals surface area (Å²) in [6, 6.07) is 0. The highest BCUT2D eigenvalue weighted by atomic mass is 16.3. The minimum absolute atomic E-state index is 0.0598. The van der Waals surface area contributed by atoms with Gasteiger partial charge in [0.2, 0.25) is 0 Å². The Bertz CT molecular complexity index is 277. The van der Waals surface area contributed by atoms with E-state index in [-0.39, 0.29) is 12.1 Å². The summed E-state index contributed by atoms with van der Waals surface area (Å²) in [5.74, 6) is 0.674. The summed E-state index contributed by atoms with van der Waals surface area (Å²) < 4.78 is 0. The fraction of sp³-hybridized carbons (Fsp3) is 1.00. The van der Waals surface area contributed by atoms with Gasteiger partial charge in [0.1, 0.15) is 0 Å². The lowest BCUT2D eigenvalue weighted by molar-refractivity contribution is 0.0971. The molecule has 4 heteroatoms. The Balaban J connectivity index is 1.79. The second kappa shape index (κ2) is 7.74. The number of likely N-dealkylation sites (N-methyl/N-ethyl adjacent to an activating group) is 1. The van der Waals surface area contributed by atoms with Gasteiger partial charge in [-0.3, -0.25) is 0 Å². The summed E-state index contributed by atoms with van der Waals surface area (Å²) in [5, 5.41) is 13.6. The third kappa shape index (κ3) is 4.42. The maximum absolute atomic E-state index is 9.94. The summed E-state index contributed by atoms with van der Waals surface area (Å²) in [5.41, 5.74) is -0.0598. The first-order chi connectivity index (χ1) is 9.70. The first-order valence-electron chi connectivity index (χ1n) is 8.47. The van der Waals surface area contributed by atoms with Crippen molar-refractivity contribution in [3.63, 3.8) is 0 Å². The van der Waals surface area contributed by atoms with Crippen molar-refractivity contribution in [3.05, 3.63) is 0 Å². The van der Waals surface area contributed by atoms with Gasteiger partial charge in [-0.2, -0.15) is 0 Å². The second-order valence-corrected chi connectivity index (χ2v) is 6.80. The lowest BCUT2D eigenvalue weighted by atomic mass is 9.93. The summed E-state index contributed by atoms with van der Waals surface area (Å²) in [7, 11) is 2.20. The Morgan fingerprint density at radius 3 is 2.55 bits per heavy atom. The highest BCUT2D eigenvalue weighted by Gasteiger charge is 2.44. The molecule has 4 nitrogen and oxygen atoms in total. The van der Waals surface area contributed by atoms with E-state index in [0.717, 1.165) is 26.1 Å². The number of likely N-dealkylation sites (tertiary alicyclic amines) is 1. The fourth-order valence-corrected chi connectivity index (χ4v) is 3.45. The van der Waals surface area contributed by atoms with Crippen LogP contribution >= 0.6 is 0 Å². The predicted molar refractivity (Wildman–Crippen MR) is 84.0 cm³/mol. The van der Waals surface area contributed by atoms with Gasteiger partial charge >= 0.3 is 0 Å². The topological polar surface area (TPSA) is 38.7 Å². The highest BCUT2D eigenvalue weighted by Crippen LogP contribution is 2.40. The predicted octanol–water partition coefficient (Wildman–Crippen LogP) is 1.15. The van der Waals surface area contributed by atoms with E-state index in [2.05, 4.69) is 29.1 Å². The van der Waals surface area contributed by atoms with Gasteiger partial charge in [0.15, 0.2) is 0 Å². The van der Waals surface area contributed by atoms with Crippen molar-refractivity contribution >= 4 is 0 Å². The molecule has 0 spiro atoms. The van der Waals surface area contributed by atoms with Crippen molar-refractivity contribution in [3.8, 4) is 0 Å². The minimum atomic E-state index is -0.0598. The number of aliphatic hydroxyl groups excluding tert-OH is 1. The Morgan fingerprint density at radius 2 is 2.00 bits per heavy atom. The second-order valence-electron chi connectivity index (χ2n) is 6.80. The molecule has 1 saturated heterocycles. The number of hydrogen-bond donors (Lipinski definition) is 2. The van der Waals surface area contributed by atoms with E-state index in [4.69, 9.17) is 0 Å². The number of aliphatic hydroxyl groups is 1. The molecule has 2 aliphatic rings. The molecule has 1 heterocycles. The molecule has 1 aliphatic heterocycles. The van der Waals surface area contributed by atoms with Crippen LogP contribution in [0, 0.1) is 5.92 Å². The zero-order chi connectivity index (χ0) is 14.4. The number of nitrogens with one attached hydrogen (secondary N) is 1. The smallest absolute Gasteiger partial charge is 0.0628 e. The third-order valence-electron chi connectivity index (χ3n) is 4.92. The van der Waals surface area contributed by atoms with Crippen LogP contribution in [-0.4, -0.2) is 73.4 Å². The van der Waals surface area contributed by atoms with Gasteiger partial charge < -0.3 is 20.2 Å². The number of hydrogen-bond acceptors (Lipinski definition) is 4. The van der Waals surface area contributed by atoms with Crippen molar-refractivity contribution in [1.82, 2.24) is 15.1 Å². The van der Waals surface area contributed by atoms with Crippen molar-refractivity contribution in [2.75, 3.05) is 52.9 Å². The molecule has 0 aromatic heterocycles. The van der Waals surface area contributed by atoms with E-state index in [1.54, 1.807) is 0 Å². The first kappa shape index (κ1) is 16.2. The number of nitrogens with zero attached hydrogens (tertiary/aromatic N) is 2. The van der Waals surface area contributed by atoms with Crippen molar-refractivity contribution < 1.29 is 5.11 Å². The fourth-order valence-electron chi connectivity index (χ4n) is 3.45. The van der Waals surface area contributed by atoms with E-state index >= 15 is 0 Å². The van der Waals surface area contributed by atoms with Crippen molar-refractivity contribution in [1.29, 1.82) is 0 Å². The Kier molecular flexibility index (Phi) is 6.27. The van der Waals surface area contributed by atoms with Gasteiger partial charge in [0.05, 0.1) is 12.1 Å². The molecule has 0 bridgehead atoms. The Morgan fingerprint density at radius 1 is 1.30 bits per heavy atom. The normalized spacial score (nSPS) is 23.4. The van der Waals surface area contributed by atoms with Gasteiger partial charge in [0.25, 0.3) is 0 Å². The maximum Gasteiger partial charge on any atom is 0.0628 e. The zero-order valence-corrected chi connectivity index (χ0v) is 13.4. The third-order valence-corrected chi connectivity index (χ3v) is 4.92. The zero-order valence-electron chi connectivity index (χ0n) is 13.4. The molecule has 1 aliphatic carbocycles.